The number of rotatable bonds is 21. The Kier molecular flexibility index (Phi) is 24.9. The van der Waals surface area contributed by atoms with E-state index in [4.69, 9.17) is 56.8 Å². The molecule has 3 aliphatic rings. The molecule has 0 saturated carbocycles. The van der Waals surface area contributed by atoms with Crippen LogP contribution >= 0.6 is 0 Å². The van der Waals surface area contributed by atoms with Crippen molar-refractivity contribution in [2.75, 3.05) is 13.2 Å². The van der Waals surface area contributed by atoms with Crippen molar-refractivity contribution in [3.05, 3.63) is 141 Å². The van der Waals surface area contributed by atoms with Crippen LogP contribution in [0.3, 0.4) is 0 Å². The quantitative estimate of drug-likeness (QED) is 0.0213. The van der Waals surface area contributed by atoms with Gasteiger partial charge in [-0.05, 0) is 97.9 Å². The van der Waals surface area contributed by atoms with Crippen molar-refractivity contribution < 1.29 is 237 Å². The molecule has 48 heteroatoms. The Morgan fingerprint density at radius 2 is 0.740 bits per heavy atom. The number of carboxylic acids is 1. The minimum atomic E-state index is -3.54. The smallest absolute Gasteiger partial charge is 0.345 e. The van der Waals surface area contributed by atoms with Gasteiger partial charge in [-0.1, -0.05) is 6.92 Å². The third-order valence-electron chi connectivity index (χ3n) is 18.1. The normalized spacial score (nSPS) is 18.7. The molecule has 0 radical (unpaired) electrons. The molecule has 2 fully saturated rings. The first kappa shape index (κ1) is 88.4. The molecule has 25 N–H and O–H groups in total. The van der Waals surface area contributed by atoms with E-state index in [1.807, 2.05) is 0 Å². The molecule has 0 aliphatic carbocycles. The molecule has 123 heavy (non-hydrogen) atoms. The molecule has 11 unspecified atom stereocenters. The highest BCUT2D eigenvalue weighted by Gasteiger charge is 2.60. The largest absolute Gasteiger partial charge is 0.504 e. The van der Waals surface area contributed by atoms with Gasteiger partial charge in [-0.3, -0.25) is 14.3 Å². The van der Waals surface area contributed by atoms with Gasteiger partial charge in [0.2, 0.25) is 30.5 Å². The van der Waals surface area contributed by atoms with E-state index < -0.39 is 340 Å². The Bertz CT molecular complexity index is 5510. The van der Waals surface area contributed by atoms with Crippen molar-refractivity contribution in [3.63, 3.8) is 0 Å². The highest BCUT2D eigenvalue weighted by atomic mass is 16.8. The number of carboxylic acid groups (broad SMARTS) is 1. The summed E-state index contributed by atoms with van der Waals surface area (Å²) in [5, 5.41) is 250. The molecule has 48 nitrogen and oxygen atoms in total. The van der Waals surface area contributed by atoms with Gasteiger partial charge in [-0.25, -0.2) is 43.2 Å². The predicted octanol–water partition coefficient (Wildman–Crippen LogP) is 2.90. The second kappa shape index (κ2) is 34.7. The average molecular weight is 1730 g/mol. The molecular weight excluding hydrogens is 1670 g/mol. The van der Waals surface area contributed by atoms with Gasteiger partial charge in [0.15, 0.2) is 138 Å². The van der Waals surface area contributed by atoms with E-state index in [9.17, 15) is 180 Å². The Morgan fingerprint density at radius 1 is 0.398 bits per heavy atom. The number of phenolic OH excluding ortho intramolecular Hbond substituents is 24. The van der Waals surface area contributed by atoms with Gasteiger partial charge in [0.1, 0.15) is 19.3 Å². The molecule has 0 amide bonds. The summed E-state index contributed by atoms with van der Waals surface area (Å²) in [5.74, 6) is -53.1. The van der Waals surface area contributed by atoms with E-state index in [1.165, 1.54) is 0 Å². The van der Waals surface area contributed by atoms with Crippen LogP contribution in [0, 0.1) is 11.8 Å². The molecule has 8 aromatic carbocycles. The number of cyclic esters (lactones) is 3. The average Bonchev–Trinajstić information content (AvgIpc) is 1.59. The van der Waals surface area contributed by atoms with Crippen LogP contribution in [-0.2, 0) is 71.2 Å². The van der Waals surface area contributed by atoms with Crippen molar-refractivity contribution in [1.82, 2.24) is 0 Å². The number of esters is 10. The topological polar surface area (TPSA) is 804 Å². The number of benzene rings is 8. The fraction of sp³-hybridized carbons (Fsp3) is 0.213. The van der Waals surface area contributed by atoms with Crippen molar-refractivity contribution in [2.24, 2.45) is 11.8 Å². The van der Waals surface area contributed by atoms with Crippen LogP contribution in [0.1, 0.15) is 115 Å². The SMILES string of the molecule is CC(OC(=O)c1cc(O)c(O)c(O)c1)OC(OC(=O)c1cc(O)c(O)c(O)c1)(C(C)COC(=O)c1cc(O)c(O)c(O)c1)C1OC(=O)c2cc(O)c(O)c(O)c2C2C(CC(=O)OC2C(=O)O)C(=O)O1.O=C(OCC1OC(OC(=O)c2cc(O)c(O)c(O)c2)C(OC(=O)c2cc(O)c(O)c(O)c2)C1OC(=O)c1cc(O)c(O)c(O)c1)c1cc(O)c(O)c(O)c1. The maximum atomic E-state index is 14.5. The lowest BCUT2D eigenvalue weighted by molar-refractivity contribution is -0.365. The van der Waals surface area contributed by atoms with Gasteiger partial charge in [0, 0.05) is 5.56 Å². The van der Waals surface area contributed by atoms with E-state index in [-0.39, 0.29) is 0 Å². The van der Waals surface area contributed by atoms with E-state index in [2.05, 4.69) is 0 Å². The molecule has 3 heterocycles. The van der Waals surface area contributed by atoms with Crippen LogP contribution < -0.4 is 0 Å². The lowest BCUT2D eigenvalue weighted by atomic mass is 9.76. The standard InChI is InChI=1S/C42H36O27.C33H26O21/c1-12(11-63-36(58)14-3-19(43)29(51)20(44)4-14)42(69-38(60)16-7-23(47)31(53)24(48)8-16,68-13(2)64-37(59)15-5-21(45)30(52)22(46)6-15)41-66-39(61)17-9-25(49)32(54)33(55)27(17)28-18(40(62)67-41)10-26(50)65-34(28)35(56)57;34-14-1-10(2-15(35)23(14)42)29(46)50-9-22-27(52-30(47)11-3-16(36)24(43)17(37)4-11)28(53-31(48)12-5-18(38)25(44)19(39)6-12)33(51-22)54-32(49)13-7-20(40)26(45)21(41)8-13/h3-9,12-13,18,28,34,41,43-49,51-55H,10-11H2,1-2H3,(H,56,57);1-8,22,27-28,33-45H,9H2. The Labute approximate surface area is 680 Å². The number of fused-ring (bicyclic) bond motifs is 3. The van der Waals surface area contributed by atoms with Crippen molar-refractivity contribution in [3.8, 4) is 138 Å². The third-order valence-corrected chi connectivity index (χ3v) is 18.1. The van der Waals surface area contributed by atoms with Crippen molar-refractivity contribution >= 4 is 65.7 Å². The van der Waals surface area contributed by atoms with E-state index in [0.717, 1.165) is 13.8 Å². The molecule has 0 bridgehead atoms. The molecule has 2 saturated heterocycles. The summed E-state index contributed by atoms with van der Waals surface area (Å²) in [6.07, 6.45) is -17.0. The maximum absolute atomic E-state index is 14.5. The molecule has 11 atom stereocenters. The fourth-order valence-electron chi connectivity index (χ4n) is 12.0. The second-order valence-corrected chi connectivity index (χ2v) is 26.3. The number of phenols is 24. The highest BCUT2D eigenvalue weighted by molar-refractivity contribution is 5.99. The summed E-state index contributed by atoms with van der Waals surface area (Å²) >= 11 is 0. The predicted molar refractivity (Wildman–Crippen MR) is 381 cm³/mol. The summed E-state index contributed by atoms with van der Waals surface area (Å²) < 4.78 is 65.3. The van der Waals surface area contributed by atoms with Gasteiger partial charge in [0.25, 0.3) is 5.79 Å². The molecular formula is C75H62O48. The zero-order valence-electron chi connectivity index (χ0n) is 61.6. The molecule has 8 aromatic rings. The Balaban J connectivity index is 0.000000265. The van der Waals surface area contributed by atoms with Crippen molar-refractivity contribution in [1.29, 1.82) is 0 Å². The monoisotopic (exact) mass is 1730 g/mol. The van der Waals surface area contributed by atoms with Gasteiger partial charge >= 0.3 is 72.0 Å². The van der Waals surface area contributed by atoms with Crippen LogP contribution in [-0.4, -0.2) is 256 Å². The maximum Gasteiger partial charge on any atom is 0.345 e. The van der Waals surface area contributed by atoms with E-state index >= 15 is 0 Å². The first-order valence-electron chi connectivity index (χ1n) is 34.2. The zero-order chi connectivity index (χ0) is 90.9. The van der Waals surface area contributed by atoms with Crippen LogP contribution in [0.5, 0.6) is 138 Å². The number of hydrogen-bond acceptors (Lipinski definition) is 47. The van der Waals surface area contributed by atoms with Crippen LogP contribution in [0.15, 0.2) is 91.0 Å². The fourth-order valence-corrected chi connectivity index (χ4v) is 12.0. The first-order valence-corrected chi connectivity index (χ1v) is 34.2. The number of carbonyl (C=O) groups is 11. The first-order chi connectivity index (χ1) is 57.6. The number of aromatic hydroxyl groups is 24. The minimum Gasteiger partial charge on any atom is -0.504 e. The molecule has 11 rings (SSSR count). The third kappa shape index (κ3) is 18.3. The van der Waals surface area contributed by atoms with Gasteiger partial charge < -0.3 is 180 Å². The number of ether oxygens (including phenoxy) is 12. The second-order valence-electron chi connectivity index (χ2n) is 26.3. The lowest BCUT2D eigenvalue weighted by Gasteiger charge is -2.42. The number of aliphatic carboxylic acids is 1. The van der Waals surface area contributed by atoms with Gasteiger partial charge in [-0.2, -0.15) is 0 Å². The summed E-state index contributed by atoms with van der Waals surface area (Å²) in [6.45, 7) is -0.438. The van der Waals surface area contributed by atoms with Gasteiger partial charge in [-0.15, -0.1) is 0 Å². The highest BCUT2D eigenvalue weighted by Crippen LogP contribution is 2.52. The number of hydrogen-bond donors (Lipinski definition) is 25. The molecule has 0 spiro atoms. The minimum absolute atomic E-state index is 0.406. The van der Waals surface area contributed by atoms with Crippen LogP contribution in [0.25, 0.3) is 0 Å². The van der Waals surface area contributed by atoms with E-state index in [0.29, 0.717) is 91.0 Å². The summed E-state index contributed by atoms with van der Waals surface area (Å²) in [6, 6.07) is 9.10. The molecule has 0 aromatic heterocycles. The zero-order valence-corrected chi connectivity index (χ0v) is 61.6. The van der Waals surface area contributed by atoms with E-state index in [1.54, 1.807) is 0 Å². The number of carbonyl (C=O) groups excluding carboxylic acids is 10. The summed E-state index contributed by atoms with van der Waals surface area (Å²) in [4.78, 5) is 148. The van der Waals surface area contributed by atoms with Crippen LogP contribution in [0.4, 0.5) is 0 Å². The Morgan fingerprint density at radius 3 is 1.13 bits per heavy atom. The summed E-state index contributed by atoms with van der Waals surface area (Å²) in [7, 11) is 0. The summed E-state index contributed by atoms with van der Waals surface area (Å²) in [5.41, 5.74) is -6.81. The lowest BCUT2D eigenvalue weighted by Crippen LogP contribution is -2.60. The van der Waals surface area contributed by atoms with Crippen LogP contribution in [0.2, 0.25) is 0 Å². The molecule has 3 aliphatic heterocycles. The molecule has 650 valence electrons. The van der Waals surface area contributed by atoms with Crippen molar-refractivity contribution in [2.45, 2.75) is 75.3 Å². The van der Waals surface area contributed by atoms with Gasteiger partial charge in [0.05, 0.1) is 68.7 Å². The Hall–Kier alpha value is -16.9.